The molecule has 0 saturated heterocycles. The third-order valence-electron chi connectivity index (χ3n) is 11.5. The average Bonchev–Trinajstić information content (AvgIpc) is 3.54. The summed E-state index contributed by atoms with van der Waals surface area (Å²) in [5.74, 6) is 2.72. The van der Waals surface area contributed by atoms with Gasteiger partial charge in [-0.15, -0.1) is 0 Å². The second kappa shape index (κ2) is 12.1. The highest BCUT2D eigenvalue weighted by atomic mass is 16.5. The van der Waals surface area contributed by atoms with Gasteiger partial charge in [0.2, 0.25) is 0 Å². The van der Waals surface area contributed by atoms with Crippen molar-refractivity contribution in [3.8, 4) is 45.3 Å². The summed E-state index contributed by atoms with van der Waals surface area (Å²) < 4.78 is 6.98. The molecule has 0 bridgehead atoms. The SMILES string of the molecule is C1=CC(c2cccc3c2Oc2ccccc2C32c3ccccc3-c3ccccc32)CC=C1c1cc(-c2cccc3ccccc23)nc(-c2ccccc2)n1. The minimum atomic E-state index is -0.473. The zero-order chi connectivity index (χ0) is 35.6. The lowest BCUT2D eigenvalue weighted by Crippen LogP contribution is -2.32. The number of hydrogen-bond donors (Lipinski definition) is 0. The van der Waals surface area contributed by atoms with Crippen molar-refractivity contribution >= 4 is 16.3 Å². The van der Waals surface area contributed by atoms with E-state index in [4.69, 9.17) is 14.7 Å². The van der Waals surface area contributed by atoms with Crippen LogP contribution in [0.4, 0.5) is 0 Å². The summed E-state index contributed by atoms with van der Waals surface area (Å²) in [6.07, 6.45) is 7.73. The normalized spacial score (nSPS) is 15.9. The molecule has 3 nitrogen and oxygen atoms in total. The van der Waals surface area contributed by atoms with Crippen molar-refractivity contribution in [2.45, 2.75) is 17.8 Å². The summed E-state index contributed by atoms with van der Waals surface area (Å²) in [6.45, 7) is 0. The second-order valence-electron chi connectivity index (χ2n) is 14.4. The van der Waals surface area contributed by atoms with Crippen LogP contribution in [0.2, 0.25) is 0 Å². The maximum absolute atomic E-state index is 6.98. The first-order valence-electron chi connectivity index (χ1n) is 18.7. The van der Waals surface area contributed by atoms with E-state index < -0.39 is 5.41 Å². The molecular formula is C51H34N2O. The number of ether oxygens (including phenoxy) is 1. The first kappa shape index (κ1) is 30.8. The van der Waals surface area contributed by atoms with Gasteiger partial charge in [-0.2, -0.15) is 0 Å². The smallest absolute Gasteiger partial charge is 0.160 e. The molecule has 2 heterocycles. The van der Waals surface area contributed by atoms with E-state index in [1.807, 2.05) is 18.2 Å². The zero-order valence-corrected chi connectivity index (χ0v) is 29.5. The molecule has 0 amide bonds. The number of fused-ring (bicyclic) bond motifs is 10. The number of rotatable bonds is 4. The Kier molecular flexibility index (Phi) is 6.90. The molecule has 3 aliphatic rings. The molecule has 0 N–H and O–H groups in total. The fraction of sp³-hybridized carbons (Fsp3) is 0.0588. The van der Waals surface area contributed by atoms with Crippen molar-refractivity contribution in [3.05, 3.63) is 222 Å². The molecule has 254 valence electrons. The van der Waals surface area contributed by atoms with Crippen LogP contribution in [0, 0.1) is 0 Å². The van der Waals surface area contributed by atoms with E-state index in [0.29, 0.717) is 0 Å². The molecule has 2 aliphatic carbocycles. The van der Waals surface area contributed by atoms with Crippen LogP contribution in [0.25, 0.3) is 50.1 Å². The maximum atomic E-state index is 6.98. The third kappa shape index (κ3) is 4.55. The molecule has 54 heavy (non-hydrogen) atoms. The largest absolute Gasteiger partial charge is 0.456 e. The molecule has 11 rings (SSSR count). The van der Waals surface area contributed by atoms with Crippen molar-refractivity contribution in [3.63, 3.8) is 0 Å². The minimum Gasteiger partial charge on any atom is -0.456 e. The fourth-order valence-corrected chi connectivity index (χ4v) is 9.13. The maximum Gasteiger partial charge on any atom is 0.160 e. The highest BCUT2D eigenvalue weighted by molar-refractivity contribution is 5.96. The molecule has 0 radical (unpaired) electrons. The molecule has 8 aromatic rings. The van der Waals surface area contributed by atoms with Gasteiger partial charge < -0.3 is 4.74 Å². The number of hydrogen-bond acceptors (Lipinski definition) is 3. The van der Waals surface area contributed by atoms with Crippen molar-refractivity contribution in [2.24, 2.45) is 0 Å². The third-order valence-corrected chi connectivity index (χ3v) is 11.5. The molecule has 3 heteroatoms. The Morgan fingerprint density at radius 1 is 0.537 bits per heavy atom. The lowest BCUT2D eigenvalue weighted by molar-refractivity contribution is 0.428. The number of nitrogens with zero attached hydrogens (tertiary/aromatic N) is 2. The second-order valence-corrected chi connectivity index (χ2v) is 14.4. The molecule has 1 aromatic heterocycles. The van der Waals surface area contributed by atoms with Gasteiger partial charge in [-0.3, -0.25) is 0 Å². The Balaban J connectivity index is 1.02. The first-order chi connectivity index (χ1) is 26.8. The fourth-order valence-electron chi connectivity index (χ4n) is 9.13. The number of aromatic nitrogens is 2. The van der Waals surface area contributed by atoms with E-state index >= 15 is 0 Å². The number of allylic oxidation sites excluding steroid dienone is 4. The molecule has 1 spiro atoms. The summed E-state index contributed by atoms with van der Waals surface area (Å²) in [5, 5.41) is 2.37. The standard InChI is InChI=1S/C51H34N2O/c1-2-15-36(16-3-1)50-52-46(32-47(53-50)41-22-12-17-33-14-4-5-18-37(33)41)35-30-28-34(29-31-35)38-21-13-26-45-49(38)54-48-27-11-10-25-44(48)51(45)42-23-8-6-19-39(42)40-20-7-9-24-43(40)51/h1-28,30-32,34H,29H2. The van der Waals surface area contributed by atoms with Crippen molar-refractivity contribution < 1.29 is 4.74 Å². The van der Waals surface area contributed by atoms with Crippen LogP contribution < -0.4 is 4.74 Å². The Morgan fingerprint density at radius 2 is 1.17 bits per heavy atom. The summed E-state index contributed by atoms with van der Waals surface area (Å²) in [5.41, 5.74) is 13.3. The van der Waals surface area contributed by atoms with Crippen LogP contribution in [0.5, 0.6) is 11.5 Å². The Bertz CT molecular complexity index is 2800. The first-order valence-corrected chi connectivity index (χ1v) is 18.7. The highest BCUT2D eigenvalue weighted by Gasteiger charge is 2.51. The van der Waals surface area contributed by atoms with Crippen LogP contribution in [-0.2, 0) is 5.41 Å². The van der Waals surface area contributed by atoms with Crippen molar-refractivity contribution in [2.75, 3.05) is 0 Å². The van der Waals surface area contributed by atoms with E-state index in [0.717, 1.165) is 51.8 Å². The van der Waals surface area contributed by atoms with Gasteiger partial charge in [0.25, 0.3) is 0 Å². The summed E-state index contributed by atoms with van der Waals surface area (Å²) >= 11 is 0. The topological polar surface area (TPSA) is 35.0 Å². The molecule has 1 unspecified atom stereocenters. The Labute approximate surface area is 314 Å². The van der Waals surface area contributed by atoms with Gasteiger partial charge in [0.1, 0.15) is 11.5 Å². The van der Waals surface area contributed by atoms with E-state index in [1.54, 1.807) is 0 Å². The van der Waals surface area contributed by atoms with Crippen molar-refractivity contribution in [1.82, 2.24) is 9.97 Å². The quantitative estimate of drug-likeness (QED) is 0.184. The Hall–Kier alpha value is -6.84. The van der Waals surface area contributed by atoms with Crippen LogP contribution in [0.15, 0.2) is 188 Å². The molecule has 1 aliphatic heterocycles. The molecular weight excluding hydrogens is 657 g/mol. The lowest BCUT2D eigenvalue weighted by Gasteiger charge is -2.40. The number of benzene rings is 7. The van der Waals surface area contributed by atoms with Gasteiger partial charge in [0.05, 0.1) is 16.8 Å². The molecule has 0 saturated carbocycles. The lowest BCUT2D eigenvalue weighted by atomic mass is 9.65. The van der Waals surface area contributed by atoms with Gasteiger partial charge in [-0.25, -0.2) is 9.97 Å². The van der Waals surface area contributed by atoms with Crippen LogP contribution in [0.3, 0.4) is 0 Å². The minimum absolute atomic E-state index is 0.130. The molecule has 7 aromatic carbocycles. The van der Waals surface area contributed by atoms with Crippen LogP contribution >= 0.6 is 0 Å². The van der Waals surface area contributed by atoms with Gasteiger partial charge in [-0.05, 0) is 57.2 Å². The van der Waals surface area contributed by atoms with Crippen molar-refractivity contribution in [1.29, 1.82) is 0 Å². The van der Waals surface area contributed by atoms with Gasteiger partial charge in [0, 0.05) is 33.7 Å². The van der Waals surface area contributed by atoms with E-state index in [2.05, 4.69) is 170 Å². The average molecular weight is 691 g/mol. The predicted molar refractivity (Wildman–Crippen MR) is 219 cm³/mol. The van der Waals surface area contributed by atoms with Crippen LogP contribution in [0.1, 0.15) is 45.8 Å². The van der Waals surface area contributed by atoms with E-state index in [9.17, 15) is 0 Å². The Morgan fingerprint density at radius 3 is 1.96 bits per heavy atom. The molecule has 1 atom stereocenters. The summed E-state index contributed by atoms with van der Waals surface area (Å²) in [6, 6.07) is 60.5. The zero-order valence-electron chi connectivity index (χ0n) is 29.5. The van der Waals surface area contributed by atoms with Crippen LogP contribution in [-0.4, -0.2) is 9.97 Å². The van der Waals surface area contributed by atoms with E-state index in [1.165, 1.54) is 49.7 Å². The van der Waals surface area contributed by atoms with E-state index in [-0.39, 0.29) is 5.92 Å². The molecule has 0 fully saturated rings. The van der Waals surface area contributed by atoms with Gasteiger partial charge in [0.15, 0.2) is 5.82 Å². The van der Waals surface area contributed by atoms with Gasteiger partial charge >= 0.3 is 0 Å². The monoisotopic (exact) mass is 690 g/mol. The number of para-hydroxylation sites is 2. The van der Waals surface area contributed by atoms with Gasteiger partial charge in [-0.1, -0.05) is 176 Å². The predicted octanol–water partition coefficient (Wildman–Crippen LogP) is 12.6. The summed E-state index contributed by atoms with van der Waals surface area (Å²) in [7, 11) is 0. The summed E-state index contributed by atoms with van der Waals surface area (Å²) in [4.78, 5) is 10.3. The highest BCUT2D eigenvalue weighted by Crippen LogP contribution is 2.63.